The van der Waals surface area contributed by atoms with Crippen LogP contribution < -0.4 is 4.74 Å². The Labute approximate surface area is 166 Å². The average molecular weight is 398 g/mol. The molecule has 7 nitrogen and oxygen atoms in total. The third kappa shape index (κ3) is 3.74. The molecule has 2 heterocycles. The maximum atomic E-state index is 12.5. The van der Waals surface area contributed by atoms with Gasteiger partial charge in [0.05, 0.1) is 18.7 Å². The normalized spacial score (nSPS) is 19.0. The minimum atomic E-state index is -0.885. The van der Waals surface area contributed by atoms with E-state index in [1.807, 2.05) is 36.4 Å². The van der Waals surface area contributed by atoms with Gasteiger partial charge in [-0.05, 0) is 29.5 Å². The fraction of sp³-hybridized carbons (Fsp3) is 0.250. The predicted octanol–water partition coefficient (Wildman–Crippen LogP) is 2.72. The number of amides is 3. The number of nitrogens with zero attached hydrogens (tertiary/aromatic N) is 2. The first-order valence-corrected chi connectivity index (χ1v) is 9.70. The Hall–Kier alpha value is -2.84. The fourth-order valence-corrected chi connectivity index (χ4v) is 3.88. The summed E-state index contributed by atoms with van der Waals surface area (Å²) in [6.45, 7) is 0.752. The molecular weight excluding hydrogens is 380 g/mol. The number of imide groups is 1. The summed E-state index contributed by atoms with van der Waals surface area (Å²) in [7, 11) is 0. The first-order valence-electron chi connectivity index (χ1n) is 8.82. The second-order valence-corrected chi connectivity index (χ2v) is 7.35. The molecule has 0 N–H and O–H groups in total. The molecule has 0 radical (unpaired) electrons. The van der Waals surface area contributed by atoms with Crippen LogP contribution in [0.5, 0.6) is 5.75 Å². The van der Waals surface area contributed by atoms with Gasteiger partial charge in [-0.25, -0.2) is 0 Å². The van der Waals surface area contributed by atoms with Gasteiger partial charge in [0.25, 0.3) is 17.1 Å². The van der Waals surface area contributed by atoms with E-state index in [2.05, 4.69) is 0 Å². The summed E-state index contributed by atoms with van der Waals surface area (Å²) < 4.78 is 11.2. The number of hydrogen-bond donors (Lipinski definition) is 0. The van der Waals surface area contributed by atoms with Gasteiger partial charge in [-0.15, -0.1) is 0 Å². The van der Waals surface area contributed by atoms with Crippen molar-refractivity contribution in [3.8, 4) is 5.75 Å². The Bertz CT molecular complexity index is 904. The monoisotopic (exact) mass is 398 g/mol. The van der Waals surface area contributed by atoms with Gasteiger partial charge in [-0.2, -0.15) is 0 Å². The molecule has 8 heteroatoms. The smallest absolute Gasteiger partial charge is 0.291 e. The fourth-order valence-electron chi connectivity index (χ4n) is 3.02. The van der Waals surface area contributed by atoms with Crippen molar-refractivity contribution in [2.45, 2.75) is 12.0 Å². The highest BCUT2D eigenvalue weighted by molar-refractivity contribution is 8.15. The maximum Gasteiger partial charge on any atom is 0.291 e. The van der Waals surface area contributed by atoms with Crippen LogP contribution in [0.1, 0.15) is 15.9 Å². The molecule has 2 aromatic rings. The zero-order chi connectivity index (χ0) is 19.5. The van der Waals surface area contributed by atoms with Gasteiger partial charge in [0.2, 0.25) is 0 Å². The lowest BCUT2D eigenvalue weighted by Crippen LogP contribution is -2.41. The van der Waals surface area contributed by atoms with Gasteiger partial charge in [-0.3, -0.25) is 19.3 Å². The van der Waals surface area contributed by atoms with Crippen molar-refractivity contribution in [3.63, 3.8) is 0 Å². The minimum Gasteiger partial charge on any atom is -0.472 e. The predicted molar refractivity (Wildman–Crippen MR) is 103 cm³/mol. The number of hydrogen-bond acceptors (Lipinski definition) is 6. The van der Waals surface area contributed by atoms with Gasteiger partial charge >= 0.3 is 0 Å². The van der Waals surface area contributed by atoms with Crippen LogP contribution in [0.4, 0.5) is 4.79 Å². The molecule has 0 saturated carbocycles. The Morgan fingerprint density at radius 2 is 1.79 bits per heavy atom. The zero-order valence-electron chi connectivity index (χ0n) is 14.9. The van der Waals surface area contributed by atoms with E-state index in [0.717, 1.165) is 17.3 Å². The van der Waals surface area contributed by atoms with Crippen LogP contribution in [0, 0.1) is 0 Å². The summed E-state index contributed by atoms with van der Waals surface area (Å²) in [5.41, 5.74) is 0.494. The molecule has 2 aromatic carbocycles. The number of benzene rings is 2. The van der Waals surface area contributed by atoms with Gasteiger partial charge in [-0.1, -0.05) is 42.5 Å². The molecule has 2 aliphatic heterocycles. The highest BCUT2D eigenvalue weighted by atomic mass is 32.2. The number of carbonyl (C=O) groups is 3. The second-order valence-electron chi connectivity index (χ2n) is 6.33. The summed E-state index contributed by atoms with van der Waals surface area (Å²) in [6.07, 6.45) is 0. The largest absolute Gasteiger partial charge is 0.472 e. The molecule has 0 bridgehead atoms. The average Bonchev–Trinajstić information content (AvgIpc) is 2.98. The molecule has 1 unspecified atom stereocenters. The van der Waals surface area contributed by atoms with Crippen molar-refractivity contribution in [1.29, 1.82) is 0 Å². The molecule has 1 saturated heterocycles. The van der Waals surface area contributed by atoms with Crippen LogP contribution in [0.2, 0.25) is 0 Å². The summed E-state index contributed by atoms with van der Waals surface area (Å²) >= 11 is 0.858. The first-order chi connectivity index (χ1) is 13.6. The quantitative estimate of drug-likeness (QED) is 0.745. The number of fused-ring (bicyclic) bond motifs is 1. The molecule has 144 valence electrons. The Balaban J connectivity index is 1.30. The number of para-hydroxylation sites is 1. The van der Waals surface area contributed by atoms with Crippen LogP contribution in [0.3, 0.4) is 0 Å². The molecule has 28 heavy (non-hydrogen) atoms. The van der Waals surface area contributed by atoms with E-state index in [9.17, 15) is 14.4 Å². The number of rotatable bonds is 6. The van der Waals surface area contributed by atoms with Crippen molar-refractivity contribution < 1.29 is 23.9 Å². The Morgan fingerprint density at radius 3 is 2.61 bits per heavy atom. The van der Waals surface area contributed by atoms with Gasteiger partial charge in [0, 0.05) is 6.54 Å². The number of thioether (sulfide) groups is 1. The molecule has 0 spiro atoms. The van der Waals surface area contributed by atoms with E-state index in [1.165, 1.54) is 9.80 Å². The van der Waals surface area contributed by atoms with Gasteiger partial charge < -0.3 is 14.4 Å². The van der Waals surface area contributed by atoms with Crippen LogP contribution in [-0.4, -0.2) is 52.2 Å². The molecule has 3 amide bonds. The molecule has 1 fully saturated rings. The zero-order valence-corrected chi connectivity index (χ0v) is 15.8. The standard InChI is InChI=1S/C20H18N2O5S/c23-17-15-8-4-5-9-16(15)27-13-21(17)10-11-26-19-18(24)22(20(25)28-19)12-14-6-2-1-3-7-14/h1-9,19H,10-13H2. The van der Waals surface area contributed by atoms with E-state index in [-0.39, 0.29) is 43.5 Å². The lowest BCUT2D eigenvalue weighted by Gasteiger charge is -2.28. The van der Waals surface area contributed by atoms with Crippen LogP contribution in [0.15, 0.2) is 54.6 Å². The maximum absolute atomic E-state index is 12.5. The topological polar surface area (TPSA) is 76.2 Å². The van der Waals surface area contributed by atoms with Crippen molar-refractivity contribution in [1.82, 2.24) is 9.80 Å². The SMILES string of the molecule is O=C1c2ccccc2OCN1CCOC1SC(=O)N(Cc2ccccc2)C1=O. The van der Waals surface area contributed by atoms with Crippen LogP contribution in [0.25, 0.3) is 0 Å². The van der Waals surface area contributed by atoms with Crippen molar-refractivity contribution in [3.05, 3.63) is 65.7 Å². The summed E-state index contributed by atoms with van der Waals surface area (Å²) in [6, 6.07) is 16.4. The van der Waals surface area contributed by atoms with Crippen LogP contribution >= 0.6 is 11.8 Å². The molecular formula is C20H18N2O5S. The van der Waals surface area contributed by atoms with Crippen molar-refractivity contribution in [2.24, 2.45) is 0 Å². The molecule has 0 aliphatic carbocycles. The van der Waals surface area contributed by atoms with Crippen molar-refractivity contribution in [2.75, 3.05) is 19.9 Å². The lowest BCUT2D eigenvalue weighted by atomic mass is 10.1. The third-order valence-corrected chi connectivity index (χ3v) is 5.46. The number of ether oxygens (including phenoxy) is 2. The van der Waals surface area contributed by atoms with Gasteiger partial charge in [0.15, 0.2) is 12.2 Å². The van der Waals surface area contributed by atoms with Crippen LogP contribution in [-0.2, 0) is 16.1 Å². The van der Waals surface area contributed by atoms with E-state index in [1.54, 1.807) is 18.2 Å². The van der Waals surface area contributed by atoms with Crippen molar-refractivity contribution >= 4 is 28.8 Å². The van der Waals surface area contributed by atoms with E-state index in [4.69, 9.17) is 9.47 Å². The Kier molecular flexibility index (Phi) is 5.31. The highest BCUT2D eigenvalue weighted by Crippen LogP contribution is 2.29. The summed E-state index contributed by atoms with van der Waals surface area (Å²) in [5, 5.41) is -0.329. The molecule has 0 aromatic heterocycles. The van der Waals surface area contributed by atoms with E-state index >= 15 is 0 Å². The lowest BCUT2D eigenvalue weighted by molar-refractivity contribution is -0.134. The molecule has 4 rings (SSSR count). The van der Waals surface area contributed by atoms with Gasteiger partial charge in [0.1, 0.15) is 5.75 Å². The van der Waals surface area contributed by atoms with E-state index in [0.29, 0.717) is 11.3 Å². The second kappa shape index (κ2) is 8.04. The highest BCUT2D eigenvalue weighted by Gasteiger charge is 2.40. The summed E-state index contributed by atoms with van der Waals surface area (Å²) in [4.78, 5) is 39.8. The minimum absolute atomic E-state index is 0.129. The number of carbonyl (C=O) groups excluding carboxylic acids is 3. The molecule has 2 aliphatic rings. The summed E-state index contributed by atoms with van der Waals surface area (Å²) in [5.74, 6) is 0.0522. The Morgan fingerprint density at radius 1 is 1.04 bits per heavy atom. The first kappa shape index (κ1) is 18.5. The van der Waals surface area contributed by atoms with E-state index < -0.39 is 5.44 Å². The molecule has 1 atom stereocenters. The third-order valence-electron chi connectivity index (χ3n) is 4.49.